The number of halogens is 3. The number of carbonyl (C=O) groups excluding carboxylic acids is 1. The molecule has 0 rings (SSSR count). The van der Waals surface area contributed by atoms with E-state index in [-0.39, 0.29) is 6.61 Å². The number of alkyl halides is 3. The fourth-order valence-electron chi connectivity index (χ4n) is 1.95. The second-order valence-corrected chi connectivity index (χ2v) is 5.50. The van der Waals surface area contributed by atoms with Crippen LogP contribution in [-0.2, 0) is 9.53 Å². The van der Waals surface area contributed by atoms with Crippen molar-refractivity contribution in [2.45, 2.75) is 77.1 Å². The minimum atomic E-state index is -4.00. The lowest BCUT2D eigenvalue weighted by Gasteiger charge is -2.11. The van der Waals surface area contributed by atoms with Gasteiger partial charge < -0.3 is 4.74 Å². The Balaban J connectivity index is 3.31. The number of ether oxygens (including phenoxy) is 1. The van der Waals surface area contributed by atoms with Crippen molar-refractivity contribution in [1.82, 2.24) is 0 Å². The van der Waals surface area contributed by atoms with Gasteiger partial charge in [-0.2, -0.15) is 8.78 Å². The summed E-state index contributed by atoms with van der Waals surface area (Å²) < 4.78 is 41.3. The van der Waals surface area contributed by atoms with Crippen LogP contribution in [0.15, 0.2) is 12.2 Å². The summed E-state index contributed by atoms with van der Waals surface area (Å²) in [7, 11) is 0. The van der Waals surface area contributed by atoms with Crippen molar-refractivity contribution in [3.8, 4) is 0 Å². The van der Waals surface area contributed by atoms with Gasteiger partial charge in [0.2, 0.25) is 0 Å². The standard InChI is InChI=1S/C17H29F3O2/c1-2-3-4-5-6-7-8-9-10-11-12-13-14-22-16(21)17(19,20)15-18/h5-6H,2-4,7-15H2,1H3/b6-5-. The van der Waals surface area contributed by atoms with Crippen LogP contribution >= 0.6 is 0 Å². The number of hydrogen-bond acceptors (Lipinski definition) is 2. The summed E-state index contributed by atoms with van der Waals surface area (Å²) >= 11 is 0. The van der Waals surface area contributed by atoms with Crippen molar-refractivity contribution in [2.75, 3.05) is 13.3 Å². The minimum absolute atomic E-state index is 0.0609. The van der Waals surface area contributed by atoms with E-state index in [1.54, 1.807) is 0 Å². The topological polar surface area (TPSA) is 26.3 Å². The summed E-state index contributed by atoms with van der Waals surface area (Å²) in [5.74, 6) is -5.75. The molecule has 0 aromatic heterocycles. The van der Waals surface area contributed by atoms with Crippen LogP contribution in [0.2, 0.25) is 0 Å². The van der Waals surface area contributed by atoms with Crippen LogP contribution in [0.1, 0.15) is 71.1 Å². The zero-order valence-corrected chi connectivity index (χ0v) is 13.6. The highest BCUT2D eigenvalue weighted by Crippen LogP contribution is 2.16. The average molecular weight is 322 g/mol. The number of hydrogen-bond donors (Lipinski definition) is 0. The van der Waals surface area contributed by atoms with Gasteiger partial charge in [-0.25, -0.2) is 9.18 Å². The molecule has 0 unspecified atom stereocenters. The molecule has 0 aliphatic rings. The van der Waals surface area contributed by atoms with E-state index in [4.69, 9.17) is 0 Å². The van der Waals surface area contributed by atoms with E-state index in [1.807, 2.05) is 0 Å². The maximum atomic E-state index is 12.5. The van der Waals surface area contributed by atoms with Gasteiger partial charge in [0.15, 0.2) is 6.67 Å². The Kier molecular flexibility index (Phi) is 13.0. The molecule has 0 spiro atoms. The van der Waals surface area contributed by atoms with Crippen LogP contribution < -0.4 is 0 Å². The minimum Gasteiger partial charge on any atom is -0.461 e. The summed E-state index contributed by atoms with van der Waals surface area (Å²) in [5.41, 5.74) is 0. The second-order valence-electron chi connectivity index (χ2n) is 5.50. The highest BCUT2D eigenvalue weighted by Gasteiger charge is 2.40. The SMILES string of the molecule is CCCC/C=C\CCCCCCCCOC(=O)C(F)(F)CF. The quantitative estimate of drug-likeness (QED) is 0.236. The number of rotatable bonds is 14. The molecule has 22 heavy (non-hydrogen) atoms. The predicted molar refractivity (Wildman–Crippen MR) is 82.9 cm³/mol. The Morgan fingerprint density at radius 1 is 0.955 bits per heavy atom. The lowest BCUT2D eigenvalue weighted by atomic mass is 10.1. The lowest BCUT2D eigenvalue weighted by molar-refractivity contribution is -0.174. The third kappa shape index (κ3) is 11.6. The molecule has 0 fully saturated rings. The normalized spacial score (nSPS) is 12.0. The fourth-order valence-corrected chi connectivity index (χ4v) is 1.95. The molecule has 0 N–H and O–H groups in total. The van der Waals surface area contributed by atoms with E-state index in [2.05, 4.69) is 23.8 Å². The van der Waals surface area contributed by atoms with Crippen molar-refractivity contribution < 1.29 is 22.7 Å². The van der Waals surface area contributed by atoms with Gasteiger partial charge in [-0.3, -0.25) is 0 Å². The number of allylic oxidation sites excluding steroid dienone is 2. The van der Waals surface area contributed by atoms with E-state index in [0.717, 1.165) is 38.5 Å². The van der Waals surface area contributed by atoms with Gasteiger partial charge in [0.25, 0.3) is 0 Å². The van der Waals surface area contributed by atoms with Crippen LogP contribution in [0.4, 0.5) is 13.2 Å². The Bertz CT molecular complexity index is 304. The Labute approximate surface area is 132 Å². The van der Waals surface area contributed by atoms with Gasteiger partial charge in [-0.15, -0.1) is 0 Å². The van der Waals surface area contributed by atoms with Gasteiger partial charge in [0.1, 0.15) is 0 Å². The van der Waals surface area contributed by atoms with E-state index in [1.165, 1.54) is 19.3 Å². The highest BCUT2D eigenvalue weighted by molar-refractivity contribution is 5.77. The molecule has 0 aliphatic heterocycles. The van der Waals surface area contributed by atoms with Crippen LogP contribution in [0.25, 0.3) is 0 Å². The molecular weight excluding hydrogens is 293 g/mol. The Hall–Kier alpha value is -1.00. The number of carbonyl (C=O) groups is 1. The average Bonchev–Trinajstić information content (AvgIpc) is 2.51. The van der Waals surface area contributed by atoms with Gasteiger partial charge in [-0.05, 0) is 25.7 Å². The molecule has 2 nitrogen and oxygen atoms in total. The summed E-state index contributed by atoms with van der Waals surface area (Å²) in [6.45, 7) is 0.120. The van der Waals surface area contributed by atoms with Crippen LogP contribution in [0, 0.1) is 0 Å². The predicted octanol–water partition coefficient (Wildman–Crippen LogP) is 5.61. The molecule has 0 radical (unpaired) electrons. The van der Waals surface area contributed by atoms with Gasteiger partial charge >= 0.3 is 11.9 Å². The summed E-state index contributed by atoms with van der Waals surface area (Å²) in [6.07, 6.45) is 15.0. The number of esters is 1. The van der Waals surface area contributed by atoms with E-state index < -0.39 is 18.6 Å². The summed E-state index contributed by atoms with van der Waals surface area (Å²) in [6, 6.07) is 0. The van der Waals surface area contributed by atoms with Gasteiger partial charge in [-0.1, -0.05) is 57.6 Å². The van der Waals surface area contributed by atoms with Crippen molar-refractivity contribution in [2.24, 2.45) is 0 Å². The monoisotopic (exact) mass is 322 g/mol. The first-order valence-corrected chi connectivity index (χ1v) is 8.30. The molecular formula is C17H29F3O2. The van der Waals surface area contributed by atoms with E-state index in [0.29, 0.717) is 6.42 Å². The second kappa shape index (κ2) is 13.6. The molecule has 130 valence electrons. The van der Waals surface area contributed by atoms with Crippen molar-refractivity contribution >= 4 is 5.97 Å². The molecule has 0 saturated heterocycles. The molecule has 0 aromatic carbocycles. The highest BCUT2D eigenvalue weighted by atomic mass is 19.3. The van der Waals surface area contributed by atoms with Crippen LogP contribution in [0.3, 0.4) is 0 Å². The molecule has 0 heterocycles. The maximum absolute atomic E-state index is 12.5. The van der Waals surface area contributed by atoms with Crippen LogP contribution in [-0.4, -0.2) is 25.2 Å². The molecule has 0 saturated carbocycles. The first-order chi connectivity index (χ1) is 10.5. The Morgan fingerprint density at radius 3 is 2.09 bits per heavy atom. The molecule has 5 heteroatoms. The van der Waals surface area contributed by atoms with Gasteiger partial charge in [0.05, 0.1) is 6.61 Å². The number of unbranched alkanes of at least 4 members (excludes halogenated alkanes) is 8. The van der Waals surface area contributed by atoms with Crippen molar-refractivity contribution in [1.29, 1.82) is 0 Å². The van der Waals surface area contributed by atoms with Crippen molar-refractivity contribution in [3.63, 3.8) is 0 Å². The molecule has 0 aromatic rings. The van der Waals surface area contributed by atoms with E-state index >= 15 is 0 Å². The van der Waals surface area contributed by atoms with Crippen LogP contribution in [0.5, 0.6) is 0 Å². The van der Waals surface area contributed by atoms with Crippen molar-refractivity contribution in [3.05, 3.63) is 12.2 Å². The zero-order valence-electron chi connectivity index (χ0n) is 13.6. The molecule has 0 amide bonds. The first-order valence-electron chi connectivity index (χ1n) is 8.30. The first kappa shape index (κ1) is 21.0. The third-order valence-corrected chi connectivity index (χ3v) is 3.36. The zero-order chi connectivity index (χ0) is 16.7. The molecule has 0 atom stereocenters. The summed E-state index contributed by atoms with van der Waals surface area (Å²) in [4.78, 5) is 10.8. The maximum Gasteiger partial charge on any atom is 0.379 e. The summed E-state index contributed by atoms with van der Waals surface area (Å²) in [5, 5.41) is 0. The fraction of sp³-hybridized carbons (Fsp3) is 0.824. The van der Waals surface area contributed by atoms with Gasteiger partial charge in [0, 0.05) is 0 Å². The molecule has 0 bridgehead atoms. The van der Waals surface area contributed by atoms with E-state index in [9.17, 15) is 18.0 Å². The largest absolute Gasteiger partial charge is 0.461 e. The smallest absolute Gasteiger partial charge is 0.379 e. The Morgan fingerprint density at radius 2 is 1.50 bits per heavy atom. The lowest BCUT2D eigenvalue weighted by Crippen LogP contribution is -2.33. The third-order valence-electron chi connectivity index (χ3n) is 3.36. The molecule has 0 aliphatic carbocycles.